The minimum absolute atomic E-state index is 0.838. The second-order valence-electron chi connectivity index (χ2n) is 27.9. The fraction of sp³-hybridized carbons (Fsp3) is 0. The molecule has 0 atom stereocenters. The van der Waals surface area contributed by atoms with Gasteiger partial charge in [0.15, 0.2) is 5.58 Å². The molecule has 4 nitrogen and oxygen atoms in total. The molecule has 4 heterocycles. The molecule has 0 amide bonds. The first-order valence-electron chi connectivity index (χ1n) is 36.3. The molecular weight excluding hydrogens is 1290 g/mol. The number of furan rings is 2. The lowest BCUT2D eigenvalue weighted by Gasteiger charge is -2.13. The normalized spacial score (nSPS) is 11.8. The Hall–Kier alpha value is -14.1. The van der Waals surface area contributed by atoms with Crippen LogP contribution in [0.3, 0.4) is 0 Å². The molecule has 0 aliphatic rings. The van der Waals surface area contributed by atoms with E-state index < -0.39 is 0 Å². The van der Waals surface area contributed by atoms with Crippen molar-refractivity contribution < 1.29 is 8.83 Å². The highest BCUT2D eigenvalue weighted by atomic mass is 16.3. The number of benzene rings is 17. The summed E-state index contributed by atoms with van der Waals surface area (Å²) in [7, 11) is 0. The zero-order valence-electron chi connectivity index (χ0n) is 57.7. The minimum Gasteiger partial charge on any atom is -0.455 e. The molecule has 0 radical (unpaired) electrons. The Morgan fingerprint density at radius 3 is 1.03 bits per heavy atom. The summed E-state index contributed by atoms with van der Waals surface area (Å²) >= 11 is 0. The lowest BCUT2D eigenvalue weighted by atomic mass is 9.91. The van der Waals surface area contributed by atoms with Gasteiger partial charge in [-0.15, -0.1) is 0 Å². The molecule has 0 saturated heterocycles. The van der Waals surface area contributed by atoms with E-state index in [1.165, 1.54) is 82.7 Å². The molecule has 17 aromatic carbocycles. The van der Waals surface area contributed by atoms with Crippen LogP contribution in [0.15, 0.2) is 397 Å². The molecule has 0 aliphatic carbocycles. The van der Waals surface area contributed by atoms with E-state index in [1.54, 1.807) is 0 Å². The largest absolute Gasteiger partial charge is 0.455 e. The molecule has 0 spiro atoms. The van der Waals surface area contributed by atoms with Crippen molar-refractivity contribution in [1.82, 2.24) is 9.13 Å². The standard InChI is InChI=1S/C102H64N2O2/c1-3-21-65(22-4-1)67-25-13-26-68(53-67)69-27-14-28-70(54-69)71-29-15-30-72(55-71)73-31-16-32-74(56-73)75-33-17-34-76(57-75)77-35-18-36-78(58-77)82-59-81(66-23-5-2-6-24-66)60-83(61-82)79-47-50-97-91(62-79)87-38-8-11-44-95(87)104(97)98-45-20-42-90-93-64-84(49-52-100(93)106-102(90)98)103-94-43-10-7-37-86(94)92-63-80(48-51-96(92)103)85-40-19-41-89-88-39-9-12-46-99(88)105-101(85)89/h1-64H. The Balaban J connectivity index is 0.602. The van der Waals surface area contributed by atoms with Crippen LogP contribution in [-0.4, -0.2) is 9.13 Å². The first-order valence-corrected chi connectivity index (χ1v) is 36.3. The van der Waals surface area contributed by atoms with Crippen LogP contribution in [0.4, 0.5) is 0 Å². The number of fused-ring (bicyclic) bond motifs is 12. The number of rotatable bonds is 12. The predicted molar refractivity (Wildman–Crippen MR) is 444 cm³/mol. The molecule has 494 valence electrons. The van der Waals surface area contributed by atoms with Gasteiger partial charge in [-0.1, -0.05) is 267 Å². The van der Waals surface area contributed by atoms with Gasteiger partial charge in [-0.25, -0.2) is 0 Å². The van der Waals surface area contributed by atoms with Crippen molar-refractivity contribution in [2.75, 3.05) is 0 Å². The predicted octanol–water partition coefficient (Wildman–Crippen LogP) is 28.3. The smallest absolute Gasteiger partial charge is 0.159 e. The van der Waals surface area contributed by atoms with Gasteiger partial charge in [-0.3, -0.25) is 0 Å². The Labute approximate surface area is 612 Å². The molecule has 0 bridgehead atoms. The van der Waals surface area contributed by atoms with Crippen molar-refractivity contribution in [1.29, 1.82) is 0 Å². The minimum atomic E-state index is 0.838. The van der Waals surface area contributed by atoms with Gasteiger partial charge in [-0.2, -0.15) is 0 Å². The molecule has 0 saturated carbocycles. The van der Waals surface area contributed by atoms with Gasteiger partial charge >= 0.3 is 0 Å². The zero-order chi connectivity index (χ0) is 69.8. The van der Waals surface area contributed by atoms with E-state index >= 15 is 0 Å². The molecule has 0 unspecified atom stereocenters. The topological polar surface area (TPSA) is 36.1 Å². The summed E-state index contributed by atoms with van der Waals surface area (Å²) in [5.74, 6) is 0. The third-order valence-electron chi connectivity index (χ3n) is 21.7. The first kappa shape index (κ1) is 60.7. The number of hydrogen-bond donors (Lipinski definition) is 0. The van der Waals surface area contributed by atoms with E-state index in [0.29, 0.717) is 0 Å². The van der Waals surface area contributed by atoms with Crippen LogP contribution in [0.2, 0.25) is 0 Å². The maximum absolute atomic E-state index is 7.06. The molecule has 0 N–H and O–H groups in total. The van der Waals surface area contributed by atoms with Gasteiger partial charge in [0, 0.05) is 54.3 Å². The Kier molecular flexibility index (Phi) is 14.2. The van der Waals surface area contributed by atoms with Gasteiger partial charge in [-0.05, 0) is 227 Å². The van der Waals surface area contributed by atoms with E-state index in [1.807, 2.05) is 6.07 Å². The summed E-state index contributed by atoms with van der Waals surface area (Å²) < 4.78 is 18.4. The van der Waals surface area contributed by atoms with E-state index in [4.69, 9.17) is 8.83 Å². The highest BCUT2D eigenvalue weighted by molar-refractivity contribution is 6.16. The van der Waals surface area contributed by atoms with Crippen LogP contribution >= 0.6 is 0 Å². The third kappa shape index (κ3) is 10.4. The van der Waals surface area contributed by atoms with Crippen molar-refractivity contribution in [2.24, 2.45) is 0 Å². The summed E-state index contributed by atoms with van der Waals surface area (Å²) in [6.45, 7) is 0. The summed E-state index contributed by atoms with van der Waals surface area (Å²) in [6, 6.07) is 142. The Morgan fingerprint density at radius 2 is 0.491 bits per heavy atom. The quantitative estimate of drug-likeness (QED) is 0.122. The van der Waals surface area contributed by atoms with Crippen LogP contribution < -0.4 is 0 Å². The van der Waals surface area contributed by atoms with Crippen molar-refractivity contribution in [3.05, 3.63) is 388 Å². The van der Waals surface area contributed by atoms with E-state index in [0.717, 1.165) is 127 Å². The Morgan fingerprint density at radius 1 is 0.160 bits per heavy atom. The van der Waals surface area contributed by atoms with Crippen LogP contribution in [0.1, 0.15) is 0 Å². The fourth-order valence-corrected chi connectivity index (χ4v) is 16.6. The third-order valence-corrected chi connectivity index (χ3v) is 21.7. The molecule has 0 aliphatic heterocycles. The van der Waals surface area contributed by atoms with Crippen LogP contribution in [0.5, 0.6) is 0 Å². The van der Waals surface area contributed by atoms with Gasteiger partial charge in [0.05, 0.1) is 27.8 Å². The van der Waals surface area contributed by atoms with Crippen molar-refractivity contribution in [3.8, 4) is 123 Å². The molecule has 21 aromatic rings. The average Bonchev–Trinajstić information content (AvgIpc) is 1.58. The molecular formula is C102H64N2O2. The molecule has 21 rings (SSSR count). The SMILES string of the molecule is c1ccc(-c2cccc(-c3cccc(-c4cccc(-c5cccc(-c6cccc(-c7cccc(-c8cc(-c9ccccc9)cc(-c9ccc%10c(c9)c9ccccc9n%10-c9cccc%10c9oc9ccc(-n%11c%12ccccc%12c%12cc(-c%13cccc%14c%13oc%13ccccc%13%14)ccc%12%11)cc9%10)c8)c7)c6)c5)c4)c3)c2)cc1. The van der Waals surface area contributed by atoms with Crippen LogP contribution in [0.25, 0.3) is 210 Å². The molecule has 4 aromatic heterocycles. The van der Waals surface area contributed by atoms with E-state index in [9.17, 15) is 0 Å². The molecule has 106 heavy (non-hydrogen) atoms. The highest BCUT2D eigenvalue weighted by Gasteiger charge is 2.22. The van der Waals surface area contributed by atoms with Gasteiger partial charge in [0.1, 0.15) is 16.7 Å². The monoisotopic (exact) mass is 1350 g/mol. The van der Waals surface area contributed by atoms with E-state index in [-0.39, 0.29) is 0 Å². The van der Waals surface area contributed by atoms with E-state index in [2.05, 4.69) is 391 Å². The van der Waals surface area contributed by atoms with Gasteiger partial charge < -0.3 is 18.0 Å². The summed E-state index contributed by atoms with van der Waals surface area (Å²) in [6.07, 6.45) is 0. The zero-order valence-corrected chi connectivity index (χ0v) is 57.7. The van der Waals surface area contributed by atoms with Gasteiger partial charge in [0.2, 0.25) is 0 Å². The number of para-hydroxylation sites is 5. The number of hydrogen-bond acceptors (Lipinski definition) is 2. The van der Waals surface area contributed by atoms with Gasteiger partial charge in [0.25, 0.3) is 0 Å². The second kappa shape index (κ2) is 24.9. The molecule has 0 fully saturated rings. The summed E-state index contributed by atoms with van der Waals surface area (Å²) in [4.78, 5) is 0. The fourth-order valence-electron chi connectivity index (χ4n) is 16.6. The maximum Gasteiger partial charge on any atom is 0.159 e. The first-order chi connectivity index (χ1) is 52.5. The maximum atomic E-state index is 7.06. The Bertz CT molecular complexity index is 7080. The number of aromatic nitrogens is 2. The van der Waals surface area contributed by atoms with Crippen molar-refractivity contribution in [2.45, 2.75) is 0 Å². The van der Waals surface area contributed by atoms with Crippen molar-refractivity contribution >= 4 is 87.5 Å². The lowest BCUT2D eigenvalue weighted by molar-refractivity contribution is 0.666. The summed E-state index contributed by atoms with van der Waals surface area (Å²) in [5, 5.41) is 9.09. The molecule has 4 heteroatoms. The second-order valence-corrected chi connectivity index (χ2v) is 27.9. The lowest BCUT2D eigenvalue weighted by Crippen LogP contribution is -1.94. The summed E-state index contributed by atoms with van der Waals surface area (Å²) in [5.41, 5.74) is 33.4. The van der Waals surface area contributed by atoms with Crippen LogP contribution in [0, 0.1) is 0 Å². The van der Waals surface area contributed by atoms with Crippen molar-refractivity contribution in [3.63, 3.8) is 0 Å². The average molecular weight is 1350 g/mol. The van der Waals surface area contributed by atoms with Crippen LogP contribution in [-0.2, 0) is 0 Å². The highest BCUT2D eigenvalue weighted by Crippen LogP contribution is 2.45. The number of nitrogens with zero attached hydrogens (tertiary/aromatic N) is 2.